The number of carbonyl (C=O) groups is 2. The molecule has 1 saturated heterocycles. The maximum atomic E-state index is 12.3. The fourth-order valence-electron chi connectivity index (χ4n) is 3.09. The molecule has 1 aliphatic heterocycles. The van der Waals surface area contributed by atoms with Crippen LogP contribution in [0, 0.1) is 6.92 Å². The molecule has 1 heterocycles. The van der Waals surface area contributed by atoms with E-state index < -0.39 is 11.6 Å². The van der Waals surface area contributed by atoms with Gasteiger partial charge in [0, 0.05) is 32.2 Å². The van der Waals surface area contributed by atoms with Gasteiger partial charge in [0.05, 0.1) is 5.56 Å². The molecule has 1 aliphatic rings. The molecule has 27 heavy (non-hydrogen) atoms. The topological polar surface area (TPSA) is 79.3 Å². The van der Waals surface area contributed by atoms with Gasteiger partial charge in [0.1, 0.15) is 18.0 Å². The molecule has 1 atom stereocenters. The molecule has 1 amide bonds. The van der Waals surface area contributed by atoms with Crippen molar-refractivity contribution in [2.45, 2.75) is 46.3 Å². The van der Waals surface area contributed by atoms with Crippen LogP contribution in [0.15, 0.2) is 18.2 Å². The lowest BCUT2D eigenvalue weighted by molar-refractivity contribution is 0.000349. The summed E-state index contributed by atoms with van der Waals surface area (Å²) in [4.78, 5) is 27.3. The van der Waals surface area contributed by atoms with Crippen LogP contribution in [0.3, 0.4) is 0 Å². The van der Waals surface area contributed by atoms with Crippen molar-refractivity contribution in [3.63, 3.8) is 0 Å². The number of rotatable bonds is 5. The Balaban J connectivity index is 1.79. The monoisotopic (exact) mass is 378 g/mol. The molecule has 7 nitrogen and oxygen atoms in total. The third-order valence-electron chi connectivity index (χ3n) is 4.44. The maximum Gasteiger partial charge on any atom is 0.410 e. The molecule has 0 spiro atoms. The van der Waals surface area contributed by atoms with Gasteiger partial charge in [-0.3, -0.25) is 4.90 Å². The van der Waals surface area contributed by atoms with Gasteiger partial charge < -0.3 is 19.5 Å². The first kappa shape index (κ1) is 21.0. The molecular weight excluding hydrogens is 348 g/mol. The number of benzene rings is 1. The molecule has 0 aromatic heterocycles. The number of ether oxygens (including phenoxy) is 2. The lowest BCUT2D eigenvalue weighted by atomic mass is 10.1. The molecule has 1 fully saturated rings. The molecule has 1 aromatic carbocycles. The summed E-state index contributed by atoms with van der Waals surface area (Å²) >= 11 is 0. The fraction of sp³-hybridized carbons (Fsp3) is 0.600. The zero-order valence-corrected chi connectivity index (χ0v) is 16.8. The summed E-state index contributed by atoms with van der Waals surface area (Å²) in [7, 11) is 0. The van der Waals surface area contributed by atoms with E-state index in [2.05, 4.69) is 4.90 Å². The van der Waals surface area contributed by atoms with Crippen molar-refractivity contribution < 1.29 is 24.2 Å². The summed E-state index contributed by atoms with van der Waals surface area (Å²) < 4.78 is 11.2. The Bertz CT molecular complexity index is 683. The highest BCUT2D eigenvalue weighted by molar-refractivity contribution is 5.89. The SMILES string of the molecule is Cc1cc(OCCN2CCN(C(=O)OC(C)(C)C)C(C)C2)ccc1C(=O)O. The molecule has 1 N–H and O–H groups in total. The first-order chi connectivity index (χ1) is 12.6. The highest BCUT2D eigenvalue weighted by Gasteiger charge is 2.30. The summed E-state index contributed by atoms with van der Waals surface area (Å²) in [5.41, 5.74) is 0.477. The number of piperazine rings is 1. The van der Waals surface area contributed by atoms with Gasteiger partial charge in [-0.1, -0.05) is 0 Å². The van der Waals surface area contributed by atoms with Crippen molar-refractivity contribution >= 4 is 12.1 Å². The van der Waals surface area contributed by atoms with Gasteiger partial charge in [0.2, 0.25) is 0 Å². The van der Waals surface area contributed by atoms with E-state index >= 15 is 0 Å². The summed E-state index contributed by atoms with van der Waals surface area (Å²) in [5, 5.41) is 9.07. The van der Waals surface area contributed by atoms with Gasteiger partial charge in [-0.2, -0.15) is 0 Å². The molecule has 1 aromatic rings. The van der Waals surface area contributed by atoms with Crippen LogP contribution in [0.5, 0.6) is 5.75 Å². The van der Waals surface area contributed by atoms with Crippen LogP contribution in [0.25, 0.3) is 0 Å². The first-order valence-corrected chi connectivity index (χ1v) is 9.25. The number of carboxylic acids is 1. The smallest absolute Gasteiger partial charge is 0.410 e. The van der Waals surface area contributed by atoms with E-state index in [1.54, 1.807) is 30.0 Å². The Morgan fingerprint density at radius 2 is 1.96 bits per heavy atom. The van der Waals surface area contributed by atoms with Crippen LogP contribution >= 0.6 is 0 Å². The minimum atomic E-state index is -0.934. The zero-order valence-electron chi connectivity index (χ0n) is 16.8. The van der Waals surface area contributed by atoms with E-state index in [0.29, 0.717) is 24.5 Å². The van der Waals surface area contributed by atoms with Crippen LogP contribution in [0.1, 0.15) is 43.6 Å². The quantitative estimate of drug-likeness (QED) is 0.848. The number of aryl methyl sites for hydroxylation is 1. The average molecular weight is 378 g/mol. The van der Waals surface area contributed by atoms with Gasteiger partial charge in [-0.15, -0.1) is 0 Å². The summed E-state index contributed by atoms with van der Waals surface area (Å²) in [6, 6.07) is 5.06. The Morgan fingerprint density at radius 3 is 2.52 bits per heavy atom. The van der Waals surface area contributed by atoms with Crippen LogP contribution in [0.2, 0.25) is 0 Å². The third kappa shape index (κ3) is 6.13. The molecule has 0 bridgehead atoms. The number of aromatic carboxylic acids is 1. The molecule has 2 rings (SSSR count). The number of hydrogen-bond acceptors (Lipinski definition) is 5. The summed E-state index contributed by atoms with van der Waals surface area (Å²) in [5.74, 6) is -0.270. The lowest BCUT2D eigenvalue weighted by Gasteiger charge is -2.40. The normalized spacial score (nSPS) is 18.3. The van der Waals surface area contributed by atoms with Gasteiger partial charge in [0.15, 0.2) is 0 Å². The fourth-order valence-corrected chi connectivity index (χ4v) is 3.09. The molecule has 7 heteroatoms. The second kappa shape index (κ2) is 8.61. The number of carboxylic acid groups (broad SMARTS) is 1. The number of carbonyl (C=O) groups excluding carboxylic acids is 1. The van der Waals surface area contributed by atoms with Crippen LogP contribution in [-0.4, -0.2) is 71.4 Å². The van der Waals surface area contributed by atoms with Gasteiger partial charge in [-0.05, 0) is 58.4 Å². The lowest BCUT2D eigenvalue weighted by Crippen LogP contribution is -2.55. The minimum Gasteiger partial charge on any atom is -0.492 e. The van der Waals surface area contributed by atoms with E-state index in [1.165, 1.54) is 0 Å². The largest absolute Gasteiger partial charge is 0.492 e. The Kier molecular flexibility index (Phi) is 6.70. The summed E-state index contributed by atoms with van der Waals surface area (Å²) in [6.07, 6.45) is -0.264. The Hall–Kier alpha value is -2.28. The van der Waals surface area contributed by atoms with Crippen molar-refractivity contribution in [1.82, 2.24) is 9.80 Å². The molecule has 1 unspecified atom stereocenters. The van der Waals surface area contributed by atoms with E-state index in [0.717, 1.165) is 19.6 Å². The molecular formula is C20H30N2O5. The van der Waals surface area contributed by atoms with E-state index in [4.69, 9.17) is 14.6 Å². The third-order valence-corrected chi connectivity index (χ3v) is 4.44. The van der Waals surface area contributed by atoms with Crippen molar-refractivity contribution in [3.8, 4) is 5.75 Å². The molecule has 0 aliphatic carbocycles. The van der Waals surface area contributed by atoms with Crippen LogP contribution in [0.4, 0.5) is 4.79 Å². The second-order valence-electron chi connectivity index (χ2n) is 7.95. The van der Waals surface area contributed by atoms with E-state index in [9.17, 15) is 9.59 Å². The maximum absolute atomic E-state index is 12.3. The highest BCUT2D eigenvalue weighted by Crippen LogP contribution is 2.18. The van der Waals surface area contributed by atoms with Crippen molar-refractivity contribution in [2.24, 2.45) is 0 Å². The van der Waals surface area contributed by atoms with Crippen molar-refractivity contribution in [3.05, 3.63) is 29.3 Å². The van der Waals surface area contributed by atoms with E-state index in [1.807, 2.05) is 27.7 Å². The zero-order chi connectivity index (χ0) is 20.2. The predicted molar refractivity (Wildman–Crippen MR) is 102 cm³/mol. The van der Waals surface area contributed by atoms with Crippen molar-refractivity contribution in [1.29, 1.82) is 0 Å². The predicted octanol–water partition coefficient (Wildman–Crippen LogP) is 3.01. The minimum absolute atomic E-state index is 0.0747. The Labute approximate surface area is 160 Å². The second-order valence-corrected chi connectivity index (χ2v) is 7.95. The Morgan fingerprint density at radius 1 is 1.26 bits per heavy atom. The average Bonchev–Trinajstić information content (AvgIpc) is 2.53. The molecule has 150 valence electrons. The van der Waals surface area contributed by atoms with Crippen molar-refractivity contribution in [2.75, 3.05) is 32.8 Å². The van der Waals surface area contributed by atoms with Crippen LogP contribution < -0.4 is 4.74 Å². The molecule has 0 saturated carbocycles. The number of nitrogens with zero attached hydrogens (tertiary/aromatic N) is 2. The van der Waals surface area contributed by atoms with Crippen LogP contribution in [-0.2, 0) is 4.74 Å². The van der Waals surface area contributed by atoms with Gasteiger partial charge >= 0.3 is 12.1 Å². The van der Waals surface area contributed by atoms with Gasteiger partial charge in [0.25, 0.3) is 0 Å². The number of amides is 1. The molecule has 0 radical (unpaired) electrons. The van der Waals surface area contributed by atoms with E-state index in [-0.39, 0.29) is 17.7 Å². The first-order valence-electron chi connectivity index (χ1n) is 9.25. The van der Waals surface area contributed by atoms with Gasteiger partial charge in [-0.25, -0.2) is 9.59 Å². The standard InChI is InChI=1S/C20H30N2O5/c1-14-12-16(6-7-17(14)18(23)24)26-11-10-21-8-9-22(15(2)13-21)19(25)27-20(3,4)5/h6-7,12,15H,8-11,13H2,1-5H3,(H,23,24). The summed E-state index contributed by atoms with van der Waals surface area (Å²) in [6.45, 7) is 12.8. The number of hydrogen-bond donors (Lipinski definition) is 1. The highest BCUT2D eigenvalue weighted by atomic mass is 16.6.